The molecule has 0 bridgehead atoms. The fourth-order valence-corrected chi connectivity index (χ4v) is 2.70. The van der Waals surface area contributed by atoms with Crippen molar-refractivity contribution in [2.75, 3.05) is 13.2 Å². The molecule has 2 aromatic rings. The smallest absolute Gasteiger partial charge is 0.268 e. The monoisotopic (exact) mass is 374 g/mol. The van der Waals surface area contributed by atoms with E-state index in [1.54, 1.807) is 36.4 Å². The zero-order valence-electron chi connectivity index (χ0n) is 14.0. The minimum Gasteiger partial charge on any atom is -0.465 e. The summed E-state index contributed by atoms with van der Waals surface area (Å²) in [4.78, 5) is 25.0. The van der Waals surface area contributed by atoms with Gasteiger partial charge in [0.2, 0.25) is 0 Å². The van der Waals surface area contributed by atoms with Crippen LogP contribution < -0.4 is 10.6 Å². The van der Waals surface area contributed by atoms with E-state index in [-0.39, 0.29) is 11.8 Å². The number of ether oxygens (including phenoxy) is 1. The second-order valence-corrected chi connectivity index (χ2v) is 6.32. The van der Waals surface area contributed by atoms with E-state index in [2.05, 4.69) is 10.6 Å². The number of hydrogen-bond acceptors (Lipinski definition) is 4. The van der Waals surface area contributed by atoms with Gasteiger partial charge in [-0.15, -0.1) is 0 Å². The number of nitrogens with one attached hydrogen (secondary N) is 2. The summed E-state index contributed by atoms with van der Waals surface area (Å²) in [6.45, 7) is 1.11. The lowest BCUT2D eigenvalue weighted by molar-refractivity contribution is -0.118. The lowest BCUT2D eigenvalue weighted by Crippen LogP contribution is -2.38. The lowest BCUT2D eigenvalue weighted by Gasteiger charge is -2.13. The minimum atomic E-state index is -0.410. The molecule has 2 heterocycles. The maximum Gasteiger partial charge on any atom is 0.268 e. The predicted molar refractivity (Wildman–Crippen MR) is 97.6 cm³/mol. The average Bonchev–Trinajstić information content (AvgIpc) is 3.33. The molecule has 6 nitrogen and oxygen atoms in total. The third kappa shape index (κ3) is 4.97. The fourth-order valence-electron chi connectivity index (χ4n) is 2.58. The molecule has 0 radical (unpaired) electrons. The van der Waals surface area contributed by atoms with E-state index in [9.17, 15) is 9.59 Å². The normalized spacial score (nSPS) is 17.1. The van der Waals surface area contributed by atoms with Gasteiger partial charge in [-0.3, -0.25) is 9.59 Å². The maximum atomic E-state index is 12.5. The molecule has 2 amide bonds. The van der Waals surface area contributed by atoms with Crippen LogP contribution in [-0.4, -0.2) is 31.1 Å². The van der Waals surface area contributed by atoms with Crippen molar-refractivity contribution in [2.24, 2.45) is 0 Å². The van der Waals surface area contributed by atoms with E-state index in [1.807, 2.05) is 0 Å². The Bertz CT molecular complexity index is 778. The molecule has 136 valence electrons. The summed E-state index contributed by atoms with van der Waals surface area (Å²) in [5.41, 5.74) is 0.490. The lowest BCUT2D eigenvalue weighted by atomic mass is 10.2. The highest BCUT2D eigenvalue weighted by molar-refractivity contribution is 6.30. The third-order valence-electron chi connectivity index (χ3n) is 3.94. The van der Waals surface area contributed by atoms with Gasteiger partial charge in [0, 0.05) is 29.8 Å². The predicted octanol–water partition coefficient (Wildman–Crippen LogP) is 3.00. The van der Waals surface area contributed by atoms with Crippen molar-refractivity contribution in [3.8, 4) is 0 Å². The van der Waals surface area contributed by atoms with Crippen LogP contribution in [0, 0.1) is 0 Å². The Morgan fingerprint density at radius 1 is 1.23 bits per heavy atom. The number of carbonyl (C=O) groups excluding carboxylic acids is 2. The quantitative estimate of drug-likeness (QED) is 0.762. The van der Waals surface area contributed by atoms with Crippen molar-refractivity contribution in [2.45, 2.75) is 18.9 Å². The second-order valence-electron chi connectivity index (χ2n) is 5.88. The van der Waals surface area contributed by atoms with Crippen molar-refractivity contribution in [3.63, 3.8) is 0 Å². The molecule has 0 spiro atoms. The van der Waals surface area contributed by atoms with Gasteiger partial charge in [0.15, 0.2) is 0 Å². The van der Waals surface area contributed by atoms with Crippen LogP contribution in [0.25, 0.3) is 6.08 Å². The largest absolute Gasteiger partial charge is 0.465 e. The highest BCUT2D eigenvalue weighted by Crippen LogP contribution is 2.13. The zero-order valence-corrected chi connectivity index (χ0v) is 14.8. The van der Waals surface area contributed by atoms with Crippen LogP contribution in [0.1, 0.15) is 29.0 Å². The van der Waals surface area contributed by atoms with Gasteiger partial charge in [-0.05, 0) is 49.2 Å². The van der Waals surface area contributed by atoms with Gasteiger partial charge < -0.3 is 19.8 Å². The highest BCUT2D eigenvalue weighted by atomic mass is 35.5. The Morgan fingerprint density at radius 2 is 2.04 bits per heavy atom. The van der Waals surface area contributed by atoms with E-state index in [0.717, 1.165) is 12.8 Å². The molecule has 0 unspecified atom stereocenters. The first kappa shape index (κ1) is 18.2. The molecule has 1 saturated heterocycles. The van der Waals surface area contributed by atoms with E-state index >= 15 is 0 Å². The minimum absolute atomic E-state index is 0.00998. The van der Waals surface area contributed by atoms with Crippen LogP contribution in [-0.2, 0) is 9.53 Å². The van der Waals surface area contributed by atoms with Crippen LogP contribution in [0.3, 0.4) is 0 Å². The van der Waals surface area contributed by atoms with Crippen LogP contribution in [0.15, 0.2) is 52.8 Å². The molecule has 0 saturated carbocycles. The summed E-state index contributed by atoms with van der Waals surface area (Å²) in [5.74, 6) is -0.352. The molecular formula is C19H19ClN2O4. The van der Waals surface area contributed by atoms with E-state index in [1.165, 1.54) is 12.3 Å². The van der Waals surface area contributed by atoms with Gasteiger partial charge in [-0.1, -0.05) is 11.6 Å². The Balaban J connectivity index is 1.71. The zero-order chi connectivity index (χ0) is 18.4. The molecule has 2 N–H and O–H groups in total. The van der Waals surface area contributed by atoms with Crippen molar-refractivity contribution < 1.29 is 18.7 Å². The summed E-state index contributed by atoms with van der Waals surface area (Å²) in [6.07, 6.45) is 4.89. The highest BCUT2D eigenvalue weighted by Gasteiger charge is 2.19. The van der Waals surface area contributed by atoms with E-state index in [4.69, 9.17) is 20.8 Å². The molecule has 1 fully saturated rings. The van der Waals surface area contributed by atoms with Crippen molar-refractivity contribution in [3.05, 3.63) is 64.7 Å². The van der Waals surface area contributed by atoms with E-state index in [0.29, 0.717) is 29.5 Å². The van der Waals surface area contributed by atoms with Crippen LogP contribution >= 0.6 is 11.6 Å². The molecule has 3 rings (SSSR count). The Labute approximate surface area is 156 Å². The third-order valence-corrected chi connectivity index (χ3v) is 4.20. The van der Waals surface area contributed by atoms with Crippen LogP contribution in [0.5, 0.6) is 0 Å². The number of halogens is 1. The summed E-state index contributed by atoms with van der Waals surface area (Å²) in [7, 11) is 0. The number of furan rings is 1. The molecule has 1 atom stereocenters. The van der Waals surface area contributed by atoms with E-state index < -0.39 is 11.8 Å². The first-order valence-electron chi connectivity index (χ1n) is 8.34. The molecule has 0 aliphatic carbocycles. The topological polar surface area (TPSA) is 80.6 Å². The van der Waals surface area contributed by atoms with Gasteiger partial charge >= 0.3 is 0 Å². The standard InChI is InChI=1S/C19H19ClN2O4/c20-14-7-5-13(6-8-14)18(23)22-17(11-15-3-1-9-25-15)19(24)21-12-16-4-2-10-26-16/h1,3,5-9,11,16H,2,4,10,12H2,(H,21,24)(H,22,23)/b17-11-/t16-/m1/s1. The Kier molecular flexibility index (Phi) is 6.09. The maximum absolute atomic E-state index is 12.5. The number of rotatable bonds is 6. The second kappa shape index (κ2) is 8.69. The number of carbonyl (C=O) groups is 2. The summed E-state index contributed by atoms with van der Waals surface area (Å²) >= 11 is 5.84. The summed E-state index contributed by atoms with van der Waals surface area (Å²) in [5, 5.41) is 5.96. The number of hydrogen-bond donors (Lipinski definition) is 2. The SMILES string of the molecule is O=C(NC[C@H]1CCCO1)/C(=C/c1ccco1)NC(=O)c1ccc(Cl)cc1. The van der Waals surface area contributed by atoms with Crippen molar-refractivity contribution in [1.29, 1.82) is 0 Å². The Morgan fingerprint density at radius 3 is 2.69 bits per heavy atom. The molecule has 1 aromatic heterocycles. The summed E-state index contributed by atoms with van der Waals surface area (Å²) < 4.78 is 10.7. The van der Waals surface area contributed by atoms with Gasteiger partial charge in [-0.2, -0.15) is 0 Å². The van der Waals surface area contributed by atoms with Gasteiger partial charge in [0.05, 0.1) is 12.4 Å². The van der Waals surface area contributed by atoms with Crippen LogP contribution in [0.2, 0.25) is 5.02 Å². The number of benzene rings is 1. The summed E-state index contributed by atoms with van der Waals surface area (Å²) in [6, 6.07) is 9.81. The first-order valence-corrected chi connectivity index (χ1v) is 8.71. The molecule has 7 heteroatoms. The molecule has 26 heavy (non-hydrogen) atoms. The van der Waals surface area contributed by atoms with Gasteiger partial charge in [0.1, 0.15) is 11.5 Å². The van der Waals surface area contributed by atoms with Gasteiger partial charge in [0.25, 0.3) is 11.8 Å². The first-order chi connectivity index (χ1) is 12.6. The molecule has 1 aliphatic rings. The number of amides is 2. The Hall–Kier alpha value is -2.57. The van der Waals surface area contributed by atoms with Crippen molar-refractivity contribution >= 4 is 29.5 Å². The van der Waals surface area contributed by atoms with Crippen LogP contribution in [0.4, 0.5) is 0 Å². The fraction of sp³-hybridized carbons (Fsp3) is 0.263. The molecule has 1 aromatic carbocycles. The average molecular weight is 375 g/mol. The molecule has 1 aliphatic heterocycles. The van der Waals surface area contributed by atoms with Crippen molar-refractivity contribution in [1.82, 2.24) is 10.6 Å². The van der Waals surface area contributed by atoms with Gasteiger partial charge in [-0.25, -0.2) is 0 Å². The molecular weight excluding hydrogens is 356 g/mol.